The molecule has 0 radical (unpaired) electrons. The maximum atomic E-state index is 12.3. The first-order chi connectivity index (χ1) is 10.7. The van der Waals surface area contributed by atoms with Crippen molar-refractivity contribution in [2.45, 2.75) is 31.2 Å². The molecule has 0 spiro atoms. The van der Waals surface area contributed by atoms with Gasteiger partial charge < -0.3 is 14.6 Å². The number of hydrogen-bond donors (Lipinski definition) is 1. The van der Waals surface area contributed by atoms with E-state index in [1.807, 2.05) is 18.2 Å². The summed E-state index contributed by atoms with van der Waals surface area (Å²) in [5.74, 6) is 0.791. The summed E-state index contributed by atoms with van der Waals surface area (Å²) >= 11 is 0. The fourth-order valence-electron chi connectivity index (χ4n) is 3.05. The fraction of sp³-hybridized carbons (Fsp3) is 0.389. The fourth-order valence-corrected chi connectivity index (χ4v) is 3.05. The van der Waals surface area contributed by atoms with Gasteiger partial charge >= 0.3 is 6.03 Å². The minimum Gasteiger partial charge on any atom is -0.467 e. The van der Waals surface area contributed by atoms with E-state index in [4.69, 9.17) is 4.42 Å². The highest BCUT2D eigenvalue weighted by atomic mass is 16.3. The maximum absolute atomic E-state index is 12.3. The van der Waals surface area contributed by atoms with Crippen LogP contribution in [-0.4, -0.2) is 24.5 Å². The largest absolute Gasteiger partial charge is 0.467 e. The summed E-state index contributed by atoms with van der Waals surface area (Å²) in [6.07, 6.45) is 5.13. The van der Waals surface area contributed by atoms with Crippen LogP contribution in [0, 0.1) is 0 Å². The lowest BCUT2D eigenvalue weighted by Gasteiger charge is -2.42. The monoisotopic (exact) mass is 298 g/mol. The van der Waals surface area contributed by atoms with Gasteiger partial charge in [0, 0.05) is 19.0 Å². The van der Waals surface area contributed by atoms with Gasteiger partial charge in [-0.2, -0.15) is 0 Å². The third kappa shape index (κ3) is 3.01. The van der Waals surface area contributed by atoms with Crippen LogP contribution in [0.5, 0.6) is 0 Å². The van der Waals surface area contributed by atoms with Gasteiger partial charge in [0.25, 0.3) is 0 Å². The van der Waals surface area contributed by atoms with E-state index in [1.165, 1.54) is 12.0 Å². The van der Waals surface area contributed by atoms with E-state index in [9.17, 15) is 4.79 Å². The van der Waals surface area contributed by atoms with Crippen molar-refractivity contribution in [3.05, 3.63) is 60.1 Å². The third-order valence-corrected chi connectivity index (χ3v) is 4.59. The molecule has 116 valence electrons. The van der Waals surface area contributed by atoms with E-state index in [-0.39, 0.29) is 11.4 Å². The van der Waals surface area contributed by atoms with Gasteiger partial charge in [-0.3, -0.25) is 0 Å². The molecule has 1 aliphatic rings. The average molecular weight is 298 g/mol. The Bertz CT molecular complexity index is 603. The molecule has 1 heterocycles. The zero-order chi connectivity index (χ0) is 15.4. The van der Waals surface area contributed by atoms with Crippen LogP contribution < -0.4 is 5.32 Å². The molecule has 1 aliphatic carbocycles. The molecule has 1 fully saturated rings. The Hall–Kier alpha value is -2.23. The van der Waals surface area contributed by atoms with Gasteiger partial charge in [-0.1, -0.05) is 36.8 Å². The Morgan fingerprint density at radius 2 is 2.00 bits per heavy atom. The van der Waals surface area contributed by atoms with Gasteiger partial charge in [-0.25, -0.2) is 4.79 Å². The Labute approximate surface area is 131 Å². The summed E-state index contributed by atoms with van der Waals surface area (Å²) in [5.41, 5.74) is 1.44. The molecule has 0 aliphatic heterocycles. The van der Waals surface area contributed by atoms with Crippen molar-refractivity contribution in [3.63, 3.8) is 0 Å². The summed E-state index contributed by atoms with van der Waals surface area (Å²) in [5, 5.41) is 3.08. The number of amides is 2. The second kappa shape index (κ2) is 6.26. The zero-order valence-electron chi connectivity index (χ0n) is 12.9. The topological polar surface area (TPSA) is 45.5 Å². The van der Waals surface area contributed by atoms with Crippen LogP contribution in [0.25, 0.3) is 0 Å². The smallest absolute Gasteiger partial charge is 0.317 e. The predicted octanol–water partition coefficient (Wildman–Crippen LogP) is 3.54. The van der Waals surface area contributed by atoms with Crippen molar-refractivity contribution in [1.82, 2.24) is 10.2 Å². The maximum Gasteiger partial charge on any atom is 0.317 e. The number of carbonyl (C=O) groups excluding carboxylic acids is 1. The number of benzene rings is 1. The molecule has 0 saturated heterocycles. The summed E-state index contributed by atoms with van der Waals surface area (Å²) < 4.78 is 5.28. The van der Waals surface area contributed by atoms with E-state index in [0.29, 0.717) is 13.1 Å². The number of furan rings is 1. The van der Waals surface area contributed by atoms with E-state index in [1.54, 1.807) is 18.2 Å². The van der Waals surface area contributed by atoms with Crippen LogP contribution in [0.4, 0.5) is 4.79 Å². The van der Waals surface area contributed by atoms with Gasteiger partial charge in [-0.05, 0) is 30.5 Å². The standard InChI is InChI=1S/C18H22N2O2/c1-20(13-16-9-5-12-22-16)17(21)19-14-18(10-6-11-18)15-7-3-2-4-8-15/h2-5,7-9,12H,6,10-11,13-14H2,1H3,(H,19,21). The molecule has 2 amide bonds. The molecule has 0 bridgehead atoms. The third-order valence-electron chi connectivity index (χ3n) is 4.59. The molecule has 1 aromatic heterocycles. The summed E-state index contributed by atoms with van der Waals surface area (Å²) in [6, 6.07) is 14.2. The highest BCUT2D eigenvalue weighted by Gasteiger charge is 2.38. The van der Waals surface area contributed by atoms with Gasteiger partial charge in [0.15, 0.2) is 0 Å². The lowest BCUT2D eigenvalue weighted by Crippen LogP contribution is -2.48. The molecule has 1 N–H and O–H groups in total. The second-order valence-electron chi connectivity index (χ2n) is 6.09. The summed E-state index contributed by atoms with van der Waals surface area (Å²) in [6.45, 7) is 1.18. The second-order valence-corrected chi connectivity index (χ2v) is 6.09. The van der Waals surface area contributed by atoms with Crippen LogP contribution >= 0.6 is 0 Å². The van der Waals surface area contributed by atoms with Gasteiger partial charge in [0.2, 0.25) is 0 Å². The molecule has 4 heteroatoms. The number of nitrogens with one attached hydrogen (secondary N) is 1. The van der Waals surface area contributed by atoms with Crippen molar-refractivity contribution in [2.24, 2.45) is 0 Å². The average Bonchev–Trinajstić information content (AvgIpc) is 3.00. The van der Waals surface area contributed by atoms with Crippen LogP contribution in [-0.2, 0) is 12.0 Å². The highest BCUT2D eigenvalue weighted by Crippen LogP contribution is 2.43. The zero-order valence-corrected chi connectivity index (χ0v) is 12.9. The molecular formula is C18H22N2O2. The number of carbonyl (C=O) groups is 1. The molecule has 22 heavy (non-hydrogen) atoms. The predicted molar refractivity (Wildman–Crippen MR) is 85.5 cm³/mol. The quantitative estimate of drug-likeness (QED) is 0.917. The minimum absolute atomic E-state index is 0.0568. The van der Waals surface area contributed by atoms with Crippen molar-refractivity contribution in [1.29, 1.82) is 0 Å². The first-order valence-electron chi connectivity index (χ1n) is 7.76. The molecule has 3 rings (SSSR count). The van der Waals surface area contributed by atoms with Gasteiger partial charge in [0.05, 0.1) is 12.8 Å². The van der Waals surface area contributed by atoms with Crippen molar-refractivity contribution >= 4 is 6.03 Å². The Morgan fingerprint density at radius 3 is 2.59 bits per heavy atom. The Kier molecular flexibility index (Phi) is 4.18. The van der Waals surface area contributed by atoms with Gasteiger partial charge in [0.1, 0.15) is 5.76 Å². The number of urea groups is 1. The molecule has 0 atom stereocenters. The normalized spacial score (nSPS) is 15.9. The highest BCUT2D eigenvalue weighted by molar-refractivity contribution is 5.74. The van der Waals surface area contributed by atoms with E-state index in [0.717, 1.165) is 18.6 Å². The van der Waals surface area contributed by atoms with Crippen molar-refractivity contribution < 1.29 is 9.21 Å². The van der Waals surface area contributed by atoms with Crippen LogP contribution in [0.1, 0.15) is 30.6 Å². The molecule has 1 saturated carbocycles. The van der Waals surface area contributed by atoms with Crippen LogP contribution in [0.3, 0.4) is 0 Å². The Balaban J connectivity index is 1.58. The first-order valence-corrected chi connectivity index (χ1v) is 7.76. The van der Waals surface area contributed by atoms with Crippen molar-refractivity contribution in [2.75, 3.05) is 13.6 Å². The van der Waals surface area contributed by atoms with E-state index < -0.39 is 0 Å². The van der Waals surface area contributed by atoms with Crippen molar-refractivity contribution in [3.8, 4) is 0 Å². The van der Waals surface area contributed by atoms with Crippen LogP contribution in [0.15, 0.2) is 53.1 Å². The lowest BCUT2D eigenvalue weighted by atomic mass is 9.64. The molecule has 0 unspecified atom stereocenters. The minimum atomic E-state index is -0.0568. The summed E-state index contributed by atoms with van der Waals surface area (Å²) in [4.78, 5) is 13.9. The number of rotatable bonds is 5. The molecule has 2 aromatic rings. The van der Waals surface area contributed by atoms with Crippen LogP contribution in [0.2, 0.25) is 0 Å². The number of hydrogen-bond acceptors (Lipinski definition) is 2. The first kappa shape index (κ1) is 14.7. The molecule has 1 aromatic carbocycles. The molecule has 4 nitrogen and oxygen atoms in total. The Morgan fingerprint density at radius 1 is 1.23 bits per heavy atom. The SMILES string of the molecule is CN(Cc1ccco1)C(=O)NCC1(c2ccccc2)CCC1. The lowest BCUT2D eigenvalue weighted by molar-refractivity contribution is 0.187. The van der Waals surface area contributed by atoms with E-state index >= 15 is 0 Å². The van der Waals surface area contributed by atoms with E-state index in [2.05, 4.69) is 29.6 Å². The van der Waals surface area contributed by atoms with Gasteiger partial charge in [-0.15, -0.1) is 0 Å². The number of nitrogens with zero attached hydrogens (tertiary/aromatic N) is 1. The summed E-state index contributed by atoms with van der Waals surface area (Å²) in [7, 11) is 1.79. The molecular weight excluding hydrogens is 276 g/mol.